The number of fused-ring (bicyclic) bond motifs is 1. The number of nitrogens with one attached hydrogen (secondary N) is 2. The Morgan fingerprint density at radius 2 is 1.19 bits per heavy atom. The van der Waals surface area contributed by atoms with E-state index in [2.05, 4.69) is 40.6 Å². The molecular weight excluding hydrogens is 722 g/mol. The lowest BCUT2D eigenvalue weighted by Gasteiger charge is -2.37. The van der Waals surface area contributed by atoms with Gasteiger partial charge >= 0.3 is 15.6 Å². The summed E-state index contributed by atoms with van der Waals surface area (Å²) in [6.07, 6.45) is 5.42. The molecule has 1 unspecified atom stereocenters. The largest absolute Gasteiger partial charge is 0.534 e. The van der Waals surface area contributed by atoms with Gasteiger partial charge in [0.2, 0.25) is 12.2 Å². The van der Waals surface area contributed by atoms with Crippen LogP contribution >= 0.6 is 0 Å². The Bertz CT molecular complexity index is 2230. The van der Waals surface area contributed by atoms with Crippen LogP contribution in [0.15, 0.2) is 140 Å². The molecule has 0 amide bonds. The quantitative estimate of drug-likeness (QED) is 0.0417. The Morgan fingerprint density at radius 3 is 1.63 bits per heavy atom. The minimum atomic E-state index is -5.82. The van der Waals surface area contributed by atoms with Crippen LogP contribution in [-0.2, 0) is 30.8 Å². The van der Waals surface area contributed by atoms with Crippen molar-refractivity contribution in [2.24, 2.45) is 5.92 Å². The standard InChI is InChI=1S/C38H33F3N2O4S.2CHNO/c1-27(2)24-36(44,33-20-18-29-23-34(21-19-28(29)22-33)47-48(45,46)38(39,40)41)35-25-43(26-42-35)37(30-12-6-3-7-13-30,31-14-8-4-9-15-31)32-16-10-5-11-17-32;2*2-1-3/h3-23,25-27,44H,24H2,1-2H3;2*2H. The summed E-state index contributed by atoms with van der Waals surface area (Å²) in [5, 5.41) is 24.4. The number of aromatic nitrogens is 2. The molecule has 0 aliphatic rings. The van der Waals surface area contributed by atoms with Crippen LogP contribution in [0.3, 0.4) is 0 Å². The molecule has 0 aliphatic heterocycles. The highest BCUT2D eigenvalue weighted by Crippen LogP contribution is 2.43. The molecule has 0 radical (unpaired) electrons. The molecule has 0 spiro atoms. The average Bonchev–Trinajstić information content (AvgIpc) is 3.64. The second kappa shape index (κ2) is 17.1. The molecule has 6 rings (SSSR count). The lowest BCUT2D eigenvalue weighted by Crippen LogP contribution is -2.37. The molecule has 0 saturated carbocycles. The van der Waals surface area contributed by atoms with Crippen molar-refractivity contribution in [1.82, 2.24) is 9.55 Å². The number of hydrogen-bond donors (Lipinski definition) is 3. The summed E-state index contributed by atoms with van der Waals surface area (Å²) in [5.41, 5.74) is -4.03. The Kier molecular flexibility index (Phi) is 12.9. The van der Waals surface area contributed by atoms with Crippen molar-refractivity contribution < 1.29 is 40.5 Å². The van der Waals surface area contributed by atoms with Crippen molar-refractivity contribution in [3.05, 3.63) is 168 Å². The van der Waals surface area contributed by atoms with Gasteiger partial charge in [-0.15, -0.1) is 0 Å². The summed E-state index contributed by atoms with van der Waals surface area (Å²) in [6.45, 7) is 3.99. The van der Waals surface area contributed by atoms with Crippen LogP contribution in [0.1, 0.15) is 48.2 Å². The number of carbonyl (C=O) groups excluding carboxylic acids is 2. The van der Waals surface area contributed by atoms with Crippen molar-refractivity contribution in [3.8, 4) is 5.75 Å². The first-order valence-corrected chi connectivity index (χ1v) is 17.7. The first-order valence-electron chi connectivity index (χ1n) is 16.2. The van der Waals surface area contributed by atoms with Crippen molar-refractivity contribution in [2.45, 2.75) is 36.9 Å². The summed E-state index contributed by atoms with van der Waals surface area (Å²) < 4.78 is 68.2. The summed E-state index contributed by atoms with van der Waals surface area (Å²) >= 11 is 0. The van der Waals surface area contributed by atoms with Crippen molar-refractivity contribution in [3.63, 3.8) is 0 Å². The Morgan fingerprint density at radius 1 is 0.741 bits per heavy atom. The first-order chi connectivity index (χ1) is 25.7. The maximum absolute atomic E-state index is 12.9. The lowest BCUT2D eigenvalue weighted by molar-refractivity contribution is -0.0500. The molecule has 6 aromatic rings. The predicted molar refractivity (Wildman–Crippen MR) is 196 cm³/mol. The van der Waals surface area contributed by atoms with Crippen LogP contribution < -0.4 is 4.18 Å². The molecule has 54 heavy (non-hydrogen) atoms. The van der Waals surface area contributed by atoms with Gasteiger partial charge in [0.25, 0.3) is 0 Å². The highest BCUT2D eigenvalue weighted by molar-refractivity contribution is 7.88. The normalized spacial score (nSPS) is 12.6. The molecule has 0 saturated heterocycles. The summed E-state index contributed by atoms with van der Waals surface area (Å²) in [4.78, 5) is 21.5. The number of hydrogen-bond acceptors (Lipinski definition) is 9. The molecule has 1 aromatic heterocycles. The molecule has 1 heterocycles. The topological polar surface area (TPSA) is 163 Å². The first kappa shape index (κ1) is 40.6. The van der Waals surface area contributed by atoms with Gasteiger partial charge in [-0.25, -0.2) is 25.4 Å². The number of rotatable bonds is 10. The number of imidazole rings is 1. The summed E-state index contributed by atoms with van der Waals surface area (Å²) in [5.74, 6) is -0.427. The van der Waals surface area contributed by atoms with Gasteiger partial charge in [0.1, 0.15) is 16.9 Å². The molecule has 1 atom stereocenters. The third-order valence-electron chi connectivity index (χ3n) is 8.45. The average molecular weight is 757 g/mol. The van der Waals surface area contributed by atoms with E-state index in [1.165, 1.54) is 12.1 Å². The van der Waals surface area contributed by atoms with Crippen LogP contribution in [0.5, 0.6) is 5.75 Å². The van der Waals surface area contributed by atoms with E-state index in [4.69, 9.17) is 25.4 Å². The number of alkyl halides is 3. The van der Waals surface area contributed by atoms with Gasteiger partial charge < -0.3 is 13.9 Å². The van der Waals surface area contributed by atoms with Gasteiger partial charge in [0.15, 0.2) is 0 Å². The maximum Gasteiger partial charge on any atom is 0.534 e. The molecular formula is C40H35F3N4O6S. The Balaban J connectivity index is 0.00000102. The molecule has 0 fully saturated rings. The number of nitrogens with zero attached hydrogens (tertiary/aromatic N) is 2. The van der Waals surface area contributed by atoms with Gasteiger partial charge in [-0.2, -0.15) is 21.6 Å². The van der Waals surface area contributed by atoms with Crippen LogP contribution in [0, 0.1) is 16.7 Å². The zero-order valence-corrected chi connectivity index (χ0v) is 29.8. The molecule has 278 valence electrons. The smallest absolute Gasteiger partial charge is 0.379 e. The van der Waals surface area contributed by atoms with Crippen molar-refractivity contribution in [1.29, 1.82) is 10.8 Å². The highest BCUT2D eigenvalue weighted by Gasteiger charge is 2.48. The van der Waals surface area contributed by atoms with Crippen LogP contribution in [0.2, 0.25) is 0 Å². The second-order valence-corrected chi connectivity index (χ2v) is 13.9. The van der Waals surface area contributed by atoms with E-state index in [1.54, 1.807) is 24.5 Å². The van der Waals surface area contributed by atoms with E-state index < -0.39 is 32.5 Å². The SMILES string of the molecule is CC(C)CC(O)(c1ccc2cc(OS(=O)(=O)C(F)(F)F)ccc2c1)c1cn(C(c2ccccc2)(c2ccccc2)c2ccccc2)cn1.N=C=O.N=C=O. The van der Waals surface area contributed by atoms with E-state index in [0.717, 1.165) is 34.9 Å². The molecule has 3 N–H and O–H groups in total. The fourth-order valence-corrected chi connectivity index (χ4v) is 6.82. The Hall–Kier alpha value is -6.17. The van der Waals surface area contributed by atoms with Gasteiger partial charge in [0.05, 0.1) is 12.0 Å². The van der Waals surface area contributed by atoms with E-state index in [1.807, 2.05) is 79.2 Å². The van der Waals surface area contributed by atoms with Gasteiger partial charge in [-0.3, -0.25) is 0 Å². The minimum absolute atomic E-state index is 0.0429. The van der Waals surface area contributed by atoms with E-state index in [-0.39, 0.29) is 5.92 Å². The van der Waals surface area contributed by atoms with Gasteiger partial charge in [0, 0.05) is 6.20 Å². The zero-order chi connectivity index (χ0) is 39.6. The molecule has 10 nitrogen and oxygen atoms in total. The second-order valence-electron chi connectivity index (χ2n) is 12.3. The predicted octanol–water partition coefficient (Wildman–Crippen LogP) is 8.19. The Labute approximate surface area is 309 Å². The number of benzene rings is 5. The lowest BCUT2D eigenvalue weighted by atomic mass is 9.76. The zero-order valence-electron chi connectivity index (χ0n) is 29.0. The molecule has 0 aliphatic carbocycles. The van der Waals surface area contributed by atoms with E-state index >= 15 is 0 Å². The van der Waals surface area contributed by atoms with Gasteiger partial charge in [-0.1, -0.05) is 123 Å². The summed E-state index contributed by atoms with van der Waals surface area (Å²) in [6, 6.07) is 39.1. The third kappa shape index (κ3) is 8.54. The number of halogens is 3. The fraction of sp³-hybridized carbons (Fsp3) is 0.175. The minimum Gasteiger partial charge on any atom is -0.379 e. The highest BCUT2D eigenvalue weighted by atomic mass is 32.2. The van der Waals surface area contributed by atoms with Crippen molar-refractivity contribution >= 4 is 33.1 Å². The third-order valence-corrected chi connectivity index (χ3v) is 9.43. The molecule has 5 aromatic carbocycles. The van der Waals surface area contributed by atoms with E-state index in [9.17, 15) is 26.7 Å². The van der Waals surface area contributed by atoms with Gasteiger partial charge in [-0.05, 0) is 63.6 Å². The number of aliphatic hydroxyl groups is 1. The van der Waals surface area contributed by atoms with Crippen LogP contribution in [0.4, 0.5) is 13.2 Å². The van der Waals surface area contributed by atoms with Crippen LogP contribution in [-0.4, -0.2) is 40.7 Å². The van der Waals surface area contributed by atoms with Crippen molar-refractivity contribution in [2.75, 3.05) is 0 Å². The number of isocyanates is 2. The molecule has 14 heteroatoms. The van der Waals surface area contributed by atoms with E-state index in [0.29, 0.717) is 28.5 Å². The fourth-order valence-electron chi connectivity index (χ4n) is 6.37. The summed E-state index contributed by atoms with van der Waals surface area (Å²) in [7, 11) is -5.82. The monoisotopic (exact) mass is 756 g/mol. The van der Waals surface area contributed by atoms with Crippen LogP contribution in [0.25, 0.3) is 10.8 Å². The molecule has 0 bridgehead atoms. The maximum atomic E-state index is 12.9.